The number of β-lactam (4-membered cyclic amide) rings is 1. The highest BCUT2D eigenvalue weighted by Crippen LogP contribution is 2.40. The zero-order chi connectivity index (χ0) is 17.4. The van der Waals surface area contributed by atoms with Gasteiger partial charge in [-0.25, -0.2) is 0 Å². The van der Waals surface area contributed by atoms with Crippen molar-refractivity contribution < 1.29 is 18.9 Å². The van der Waals surface area contributed by atoms with E-state index in [1.54, 1.807) is 6.08 Å². The van der Waals surface area contributed by atoms with Crippen molar-refractivity contribution in [2.75, 3.05) is 32.9 Å². The zero-order valence-corrected chi connectivity index (χ0v) is 15.8. The summed E-state index contributed by atoms with van der Waals surface area (Å²) < 4.78 is 0.395. The van der Waals surface area contributed by atoms with Crippen molar-refractivity contribution >= 4 is 52.8 Å². The van der Waals surface area contributed by atoms with Gasteiger partial charge in [0.05, 0.1) is 20.6 Å². The topological polar surface area (TPSA) is 106 Å². The first-order valence-corrected chi connectivity index (χ1v) is 8.47. The molecular formula is C14H21Cl2N4O3S+. The summed E-state index contributed by atoms with van der Waals surface area (Å²) in [7, 11) is 3.75. The second-order valence-electron chi connectivity index (χ2n) is 6.23. The highest BCUT2D eigenvalue weighted by atomic mass is 35.5. The van der Waals surface area contributed by atoms with Crippen LogP contribution in [-0.4, -0.2) is 70.8 Å². The van der Waals surface area contributed by atoms with Crippen LogP contribution in [0, 0.1) is 0 Å². The van der Waals surface area contributed by atoms with E-state index in [4.69, 9.17) is 23.1 Å². The number of carbonyl (C=O) groups is 3. The molecule has 0 aromatic heterocycles. The van der Waals surface area contributed by atoms with Crippen molar-refractivity contribution in [1.29, 1.82) is 0 Å². The van der Waals surface area contributed by atoms with Gasteiger partial charge in [-0.3, -0.25) is 19.3 Å². The maximum atomic E-state index is 11.9. The molecule has 1 fully saturated rings. The van der Waals surface area contributed by atoms with Crippen molar-refractivity contribution in [3.8, 4) is 0 Å². The van der Waals surface area contributed by atoms with Gasteiger partial charge in [0.15, 0.2) is 6.54 Å². The van der Waals surface area contributed by atoms with Gasteiger partial charge in [-0.05, 0) is 23.3 Å². The average Bonchev–Trinajstić information content (AvgIpc) is 2.43. The monoisotopic (exact) mass is 395 g/mol. The number of allylic oxidation sites excluding steroid dienone is 2. The van der Waals surface area contributed by atoms with Crippen molar-refractivity contribution in [2.45, 2.75) is 11.4 Å². The number of hydrogen-bond donors (Lipinski definition) is 2. The van der Waals surface area contributed by atoms with E-state index < -0.39 is 11.3 Å². The van der Waals surface area contributed by atoms with Crippen LogP contribution in [0.3, 0.4) is 0 Å². The lowest BCUT2D eigenvalue weighted by atomic mass is 10.0. The Bertz CT molecular complexity index is 621. The zero-order valence-electron chi connectivity index (χ0n) is 13.4. The minimum Gasteiger partial charge on any atom is -0.365 e. The van der Waals surface area contributed by atoms with Crippen LogP contribution in [0.15, 0.2) is 23.4 Å². The number of likely N-dealkylation sites (N-methyl/N-ethyl adjacent to an activating group) is 1. The van der Waals surface area contributed by atoms with E-state index in [0.717, 1.165) is 0 Å². The number of thioether (sulfide) groups is 1. The number of quaternary nitrogens is 1. The maximum absolute atomic E-state index is 11.9. The Kier molecular flexibility index (Phi) is 6.89. The highest BCUT2D eigenvalue weighted by Gasteiger charge is 2.51. The second-order valence-corrected chi connectivity index (χ2v) is 7.68. The van der Waals surface area contributed by atoms with E-state index in [2.05, 4.69) is 0 Å². The molecule has 0 unspecified atom stereocenters. The normalized spacial score (nSPS) is 23.7. The Morgan fingerprint density at radius 3 is 2.62 bits per heavy atom. The Balaban J connectivity index is 0.00000288. The molecule has 0 aromatic rings. The molecule has 2 rings (SSSR count). The smallest absolute Gasteiger partial charge is 0.272 e. The molecule has 2 aliphatic rings. The molecule has 7 nitrogen and oxygen atoms in total. The van der Waals surface area contributed by atoms with Crippen molar-refractivity contribution in [1.82, 2.24) is 4.90 Å². The molecule has 0 spiro atoms. The quantitative estimate of drug-likeness (QED) is 0.367. The molecule has 24 heavy (non-hydrogen) atoms. The summed E-state index contributed by atoms with van der Waals surface area (Å²) in [6, 6.07) is -0.581. The van der Waals surface area contributed by atoms with Crippen LogP contribution in [0.2, 0.25) is 0 Å². The highest BCUT2D eigenvalue weighted by molar-refractivity contribution is 8.00. The number of fused-ring (bicyclic) bond motifs is 1. The van der Waals surface area contributed by atoms with E-state index in [0.29, 0.717) is 22.4 Å². The van der Waals surface area contributed by atoms with Gasteiger partial charge in [-0.2, -0.15) is 0 Å². The molecule has 1 saturated heterocycles. The number of rotatable bonds is 6. The van der Waals surface area contributed by atoms with Crippen LogP contribution < -0.4 is 11.5 Å². The fraction of sp³-hybridized carbons (Fsp3) is 0.500. The third-order valence-electron chi connectivity index (χ3n) is 3.73. The first kappa shape index (κ1) is 21.0. The van der Waals surface area contributed by atoms with Gasteiger partial charge in [-0.1, -0.05) is 6.08 Å². The summed E-state index contributed by atoms with van der Waals surface area (Å²) in [6.45, 7) is 0.763. The van der Waals surface area contributed by atoms with Crippen molar-refractivity contribution in [2.24, 2.45) is 11.5 Å². The van der Waals surface area contributed by atoms with E-state index in [1.807, 2.05) is 20.2 Å². The van der Waals surface area contributed by atoms with Gasteiger partial charge in [0.1, 0.15) is 17.1 Å². The summed E-state index contributed by atoms with van der Waals surface area (Å²) in [5.41, 5.74) is 11.8. The molecule has 2 aliphatic heterocycles. The molecular weight excluding hydrogens is 375 g/mol. The summed E-state index contributed by atoms with van der Waals surface area (Å²) in [6.07, 6.45) is 3.63. The number of primary amides is 1. The van der Waals surface area contributed by atoms with E-state index in [1.165, 1.54) is 16.7 Å². The first-order chi connectivity index (χ1) is 10.6. The van der Waals surface area contributed by atoms with Gasteiger partial charge in [-0.15, -0.1) is 24.2 Å². The van der Waals surface area contributed by atoms with E-state index >= 15 is 0 Å². The number of carbonyl (C=O) groups excluding carboxylic acids is 3. The number of amides is 2. The molecule has 2 heterocycles. The lowest BCUT2D eigenvalue weighted by molar-refractivity contribution is -0.876. The summed E-state index contributed by atoms with van der Waals surface area (Å²) in [4.78, 5) is 36.0. The lowest BCUT2D eigenvalue weighted by Gasteiger charge is -2.48. The Morgan fingerprint density at radius 2 is 2.08 bits per heavy atom. The SMILES string of the molecule is C[N+](C)(C/C=C/C1=C(C(=O)Cl)N2C(=O)[C@@H](N)[C@H]2SC1)CC(N)=O.Cl. The summed E-state index contributed by atoms with van der Waals surface area (Å²) >= 11 is 7.16. The van der Waals surface area contributed by atoms with Gasteiger partial charge in [0.25, 0.3) is 11.1 Å². The predicted octanol–water partition coefficient (Wildman–Crippen LogP) is -0.212. The molecule has 0 aliphatic carbocycles. The number of nitrogens with zero attached hydrogens (tertiary/aromatic N) is 2. The summed E-state index contributed by atoms with van der Waals surface area (Å²) in [5, 5.41) is -0.888. The van der Waals surface area contributed by atoms with E-state index in [-0.39, 0.29) is 41.8 Å². The lowest BCUT2D eigenvalue weighted by Crippen LogP contribution is -2.68. The minimum atomic E-state index is -0.666. The molecule has 0 radical (unpaired) electrons. The van der Waals surface area contributed by atoms with Gasteiger partial charge in [0, 0.05) is 5.75 Å². The molecule has 4 N–H and O–H groups in total. The fourth-order valence-corrected chi connectivity index (χ4v) is 4.09. The van der Waals surface area contributed by atoms with E-state index in [9.17, 15) is 14.4 Å². The second kappa shape index (κ2) is 7.88. The summed E-state index contributed by atoms with van der Waals surface area (Å²) in [5.74, 6) is -0.118. The Hall–Kier alpha value is -1.06. The maximum Gasteiger partial charge on any atom is 0.272 e. The van der Waals surface area contributed by atoms with Crippen molar-refractivity contribution in [3.05, 3.63) is 23.4 Å². The largest absolute Gasteiger partial charge is 0.365 e. The molecule has 134 valence electrons. The molecule has 2 atom stereocenters. The number of halogens is 2. The first-order valence-electron chi connectivity index (χ1n) is 7.04. The van der Waals surface area contributed by atoms with Gasteiger partial charge in [0.2, 0.25) is 5.91 Å². The van der Waals surface area contributed by atoms with Crippen LogP contribution in [0.1, 0.15) is 0 Å². The standard InChI is InChI=1S/C14H19ClN4O3S.ClH/c1-19(2,6-9(16)20)5-3-4-8-7-23-14-10(17)13(22)18(14)11(8)12(15)21;/h3-4,10,14H,5-7,17H2,1-2H3,(H-,16,20);1H/p+1/b4-3+;/t10-,14-;/m1./s1. The van der Waals surface area contributed by atoms with Gasteiger partial charge < -0.3 is 16.0 Å². The Morgan fingerprint density at radius 1 is 1.46 bits per heavy atom. The van der Waals surface area contributed by atoms with Crippen LogP contribution in [0.25, 0.3) is 0 Å². The van der Waals surface area contributed by atoms with Crippen LogP contribution in [-0.2, 0) is 14.4 Å². The molecule has 10 heteroatoms. The third kappa shape index (κ3) is 4.31. The predicted molar refractivity (Wildman–Crippen MR) is 96.4 cm³/mol. The van der Waals surface area contributed by atoms with Crippen LogP contribution >= 0.6 is 35.8 Å². The molecule has 2 amide bonds. The molecule has 0 bridgehead atoms. The fourth-order valence-electron chi connectivity index (χ4n) is 2.62. The molecule has 0 saturated carbocycles. The van der Waals surface area contributed by atoms with Crippen LogP contribution in [0.5, 0.6) is 0 Å². The Labute approximate surface area is 156 Å². The third-order valence-corrected chi connectivity index (χ3v) is 5.23. The minimum absolute atomic E-state index is 0. The number of hydrogen-bond acceptors (Lipinski definition) is 5. The number of nitrogens with two attached hydrogens (primary N) is 2. The van der Waals surface area contributed by atoms with Crippen LogP contribution in [0.4, 0.5) is 0 Å². The average molecular weight is 396 g/mol. The van der Waals surface area contributed by atoms with Crippen molar-refractivity contribution in [3.63, 3.8) is 0 Å². The molecule has 0 aromatic carbocycles. The van der Waals surface area contributed by atoms with Gasteiger partial charge >= 0.3 is 0 Å².